The lowest BCUT2D eigenvalue weighted by Crippen LogP contribution is -2.43. The summed E-state index contributed by atoms with van der Waals surface area (Å²) in [6.07, 6.45) is -0.198. The van der Waals surface area contributed by atoms with Crippen LogP contribution < -0.4 is 0 Å². The van der Waals surface area contributed by atoms with E-state index in [4.69, 9.17) is 0 Å². The molecule has 0 aromatic rings. The molecule has 1 rings (SSSR count). The summed E-state index contributed by atoms with van der Waals surface area (Å²) in [5.41, 5.74) is 0. The molecule has 1 aliphatic rings. The molecule has 0 saturated carbocycles. The molecular formula is C8H17NOS. The standard InChI is InChI=1S/C8H17NOS/c1-7(2)5-9-3-4-11-6-8(9)10/h7-8,10H,3-6H2,1-2H3. The Bertz CT molecular complexity index is 119. The Morgan fingerprint density at radius 1 is 1.64 bits per heavy atom. The Kier molecular flexibility index (Phi) is 3.69. The molecule has 0 bridgehead atoms. The molecule has 1 aliphatic heterocycles. The molecule has 1 saturated heterocycles. The van der Waals surface area contributed by atoms with Gasteiger partial charge in [-0.05, 0) is 5.92 Å². The van der Waals surface area contributed by atoms with Gasteiger partial charge in [0.2, 0.25) is 0 Å². The summed E-state index contributed by atoms with van der Waals surface area (Å²) in [4.78, 5) is 2.17. The first-order chi connectivity index (χ1) is 5.20. The molecule has 0 aromatic heterocycles. The topological polar surface area (TPSA) is 23.5 Å². The molecule has 1 atom stereocenters. The Morgan fingerprint density at radius 3 is 2.91 bits per heavy atom. The van der Waals surface area contributed by atoms with Crippen LogP contribution in [0, 0.1) is 5.92 Å². The molecule has 66 valence electrons. The predicted octanol–water partition coefficient (Wildman–Crippen LogP) is 1.01. The van der Waals surface area contributed by atoms with Crippen molar-refractivity contribution in [2.24, 2.45) is 5.92 Å². The highest BCUT2D eigenvalue weighted by molar-refractivity contribution is 7.99. The summed E-state index contributed by atoms with van der Waals surface area (Å²) in [6.45, 7) is 6.45. The SMILES string of the molecule is CC(C)CN1CCSCC1O. The molecule has 0 aromatic carbocycles. The Labute approximate surface area is 73.0 Å². The average Bonchev–Trinajstić information content (AvgIpc) is 1.93. The van der Waals surface area contributed by atoms with Gasteiger partial charge in [-0.25, -0.2) is 0 Å². The van der Waals surface area contributed by atoms with Crippen molar-refractivity contribution in [1.29, 1.82) is 0 Å². The van der Waals surface area contributed by atoms with Gasteiger partial charge in [0.25, 0.3) is 0 Å². The number of thioether (sulfide) groups is 1. The van der Waals surface area contributed by atoms with Gasteiger partial charge >= 0.3 is 0 Å². The molecule has 1 heterocycles. The van der Waals surface area contributed by atoms with E-state index >= 15 is 0 Å². The summed E-state index contributed by atoms with van der Waals surface area (Å²) in [5, 5.41) is 9.52. The van der Waals surface area contributed by atoms with Crippen LogP contribution in [0.5, 0.6) is 0 Å². The third-order valence-electron chi connectivity index (χ3n) is 1.81. The normalized spacial score (nSPS) is 27.8. The second kappa shape index (κ2) is 4.33. The van der Waals surface area contributed by atoms with Crippen LogP contribution in [0.3, 0.4) is 0 Å². The van der Waals surface area contributed by atoms with Gasteiger partial charge in [-0.1, -0.05) is 13.8 Å². The Hall–Kier alpha value is 0.270. The number of nitrogens with zero attached hydrogens (tertiary/aromatic N) is 1. The van der Waals surface area contributed by atoms with Crippen molar-refractivity contribution in [3.63, 3.8) is 0 Å². The molecule has 3 heteroatoms. The Morgan fingerprint density at radius 2 is 2.36 bits per heavy atom. The van der Waals surface area contributed by atoms with Crippen LogP contribution in [0.4, 0.5) is 0 Å². The van der Waals surface area contributed by atoms with Gasteiger partial charge in [0.05, 0.1) is 0 Å². The minimum Gasteiger partial charge on any atom is -0.378 e. The van der Waals surface area contributed by atoms with Crippen LogP contribution >= 0.6 is 11.8 Å². The van der Waals surface area contributed by atoms with Crippen LogP contribution in [0.1, 0.15) is 13.8 Å². The number of aliphatic hydroxyl groups excluding tert-OH is 1. The second-order valence-electron chi connectivity index (χ2n) is 3.44. The molecule has 0 spiro atoms. The molecule has 0 amide bonds. The highest BCUT2D eigenvalue weighted by atomic mass is 32.2. The summed E-state index contributed by atoms with van der Waals surface area (Å²) >= 11 is 1.84. The van der Waals surface area contributed by atoms with Gasteiger partial charge in [0, 0.05) is 24.6 Å². The molecule has 1 fully saturated rings. The zero-order chi connectivity index (χ0) is 8.27. The molecule has 2 nitrogen and oxygen atoms in total. The first kappa shape index (κ1) is 9.36. The molecule has 0 radical (unpaired) electrons. The zero-order valence-electron chi connectivity index (χ0n) is 7.29. The van der Waals surface area contributed by atoms with Crippen molar-refractivity contribution in [3.05, 3.63) is 0 Å². The number of hydrogen-bond acceptors (Lipinski definition) is 3. The third-order valence-corrected chi connectivity index (χ3v) is 2.82. The van der Waals surface area contributed by atoms with Crippen LogP contribution in [0.15, 0.2) is 0 Å². The predicted molar refractivity (Wildman–Crippen MR) is 49.7 cm³/mol. The van der Waals surface area contributed by atoms with E-state index in [9.17, 15) is 5.11 Å². The average molecular weight is 175 g/mol. The maximum atomic E-state index is 9.52. The lowest BCUT2D eigenvalue weighted by atomic mass is 10.2. The molecule has 0 aliphatic carbocycles. The highest BCUT2D eigenvalue weighted by Gasteiger charge is 2.20. The fourth-order valence-corrected chi connectivity index (χ4v) is 2.26. The molecule has 11 heavy (non-hydrogen) atoms. The molecule has 1 N–H and O–H groups in total. The van der Waals surface area contributed by atoms with Gasteiger partial charge in [-0.15, -0.1) is 0 Å². The van der Waals surface area contributed by atoms with E-state index < -0.39 is 0 Å². The van der Waals surface area contributed by atoms with Gasteiger partial charge < -0.3 is 5.11 Å². The first-order valence-electron chi connectivity index (χ1n) is 4.20. The lowest BCUT2D eigenvalue weighted by molar-refractivity contribution is 0.0156. The van der Waals surface area contributed by atoms with Crippen molar-refractivity contribution in [2.45, 2.75) is 20.1 Å². The van der Waals surface area contributed by atoms with Crippen molar-refractivity contribution in [1.82, 2.24) is 4.90 Å². The van der Waals surface area contributed by atoms with Crippen molar-refractivity contribution < 1.29 is 5.11 Å². The van der Waals surface area contributed by atoms with Crippen LogP contribution in [0.25, 0.3) is 0 Å². The van der Waals surface area contributed by atoms with E-state index in [2.05, 4.69) is 18.7 Å². The number of aliphatic hydroxyl groups is 1. The maximum absolute atomic E-state index is 9.52. The van der Waals surface area contributed by atoms with Crippen LogP contribution in [-0.4, -0.2) is 40.8 Å². The van der Waals surface area contributed by atoms with Gasteiger partial charge in [-0.3, -0.25) is 4.90 Å². The quantitative estimate of drug-likeness (QED) is 0.677. The minimum atomic E-state index is -0.198. The van der Waals surface area contributed by atoms with E-state index in [1.54, 1.807) is 0 Å². The first-order valence-corrected chi connectivity index (χ1v) is 5.35. The van der Waals surface area contributed by atoms with Crippen molar-refractivity contribution in [3.8, 4) is 0 Å². The van der Waals surface area contributed by atoms with E-state index in [-0.39, 0.29) is 6.23 Å². The van der Waals surface area contributed by atoms with E-state index in [1.165, 1.54) is 5.75 Å². The largest absolute Gasteiger partial charge is 0.378 e. The minimum absolute atomic E-state index is 0.198. The smallest absolute Gasteiger partial charge is 0.116 e. The summed E-state index contributed by atoms with van der Waals surface area (Å²) in [5.74, 6) is 2.71. The van der Waals surface area contributed by atoms with Gasteiger partial charge in [0.15, 0.2) is 0 Å². The highest BCUT2D eigenvalue weighted by Crippen LogP contribution is 2.15. The van der Waals surface area contributed by atoms with E-state index in [0.717, 1.165) is 18.8 Å². The van der Waals surface area contributed by atoms with Crippen molar-refractivity contribution in [2.75, 3.05) is 24.6 Å². The summed E-state index contributed by atoms with van der Waals surface area (Å²) in [7, 11) is 0. The molecule has 1 unspecified atom stereocenters. The van der Waals surface area contributed by atoms with Crippen LogP contribution in [-0.2, 0) is 0 Å². The number of hydrogen-bond donors (Lipinski definition) is 1. The van der Waals surface area contributed by atoms with Gasteiger partial charge in [0.1, 0.15) is 6.23 Å². The summed E-state index contributed by atoms with van der Waals surface area (Å²) in [6, 6.07) is 0. The van der Waals surface area contributed by atoms with Crippen molar-refractivity contribution >= 4 is 11.8 Å². The third kappa shape index (κ3) is 3.01. The molecular weight excluding hydrogens is 158 g/mol. The van der Waals surface area contributed by atoms with Crippen LogP contribution in [0.2, 0.25) is 0 Å². The number of rotatable bonds is 2. The fraction of sp³-hybridized carbons (Fsp3) is 1.00. The summed E-state index contributed by atoms with van der Waals surface area (Å²) < 4.78 is 0. The second-order valence-corrected chi connectivity index (χ2v) is 4.59. The van der Waals surface area contributed by atoms with E-state index in [0.29, 0.717) is 5.92 Å². The zero-order valence-corrected chi connectivity index (χ0v) is 8.10. The fourth-order valence-electron chi connectivity index (χ4n) is 1.31. The maximum Gasteiger partial charge on any atom is 0.116 e. The monoisotopic (exact) mass is 175 g/mol. The Balaban J connectivity index is 2.29. The lowest BCUT2D eigenvalue weighted by Gasteiger charge is -2.32. The van der Waals surface area contributed by atoms with E-state index in [1.807, 2.05) is 11.8 Å². The van der Waals surface area contributed by atoms with Gasteiger partial charge in [-0.2, -0.15) is 11.8 Å².